The molecular weight excluding hydrogens is 212 g/mol. The van der Waals surface area contributed by atoms with Crippen molar-refractivity contribution < 1.29 is 9.59 Å². The molecule has 0 aromatic heterocycles. The van der Waals surface area contributed by atoms with Crippen molar-refractivity contribution in [1.82, 2.24) is 0 Å². The van der Waals surface area contributed by atoms with Crippen LogP contribution >= 0.6 is 0 Å². The van der Waals surface area contributed by atoms with Crippen molar-refractivity contribution in [2.75, 3.05) is 0 Å². The van der Waals surface area contributed by atoms with Crippen molar-refractivity contribution >= 4 is 11.6 Å². The van der Waals surface area contributed by atoms with Gasteiger partial charge in [0.2, 0.25) is 0 Å². The fraction of sp³-hybridized carbons (Fsp3) is 0.733. The highest BCUT2D eigenvalue weighted by Gasteiger charge is 2.62. The smallest absolute Gasteiger partial charge is 0.146 e. The lowest BCUT2D eigenvalue weighted by molar-refractivity contribution is -0.147. The van der Waals surface area contributed by atoms with Crippen molar-refractivity contribution in [2.45, 2.75) is 52.9 Å². The Bertz CT molecular complexity index is 396. The lowest BCUT2D eigenvalue weighted by Gasteiger charge is -2.47. The minimum Gasteiger partial charge on any atom is -0.299 e. The minimum atomic E-state index is -0.700. The Kier molecular flexibility index (Phi) is 2.80. The Balaban J connectivity index is 2.45. The molecule has 2 saturated carbocycles. The van der Waals surface area contributed by atoms with Gasteiger partial charge < -0.3 is 0 Å². The largest absolute Gasteiger partial charge is 0.299 e. The third kappa shape index (κ3) is 1.53. The predicted molar refractivity (Wildman–Crippen MR) is 67.6 cm³/mol. The van der Waals surface area contributed by atoms with Crippen LogP contribution in [-0.2, 0) is 9.59 Å². The van der Waals surface area contributed by atoms with E-state index in [4.69, 9.17) is 0 Å². The van der Waals surface area contributed by atoms with Crippen LogP contribution in [0.1, 0.15) is 52.9 Å². The van der Waals surface area contributed by atoms with Gasteiger partial charge in [-0.15, -0.1) is 0 Å². The SMILES string of the molecule is C=C(C)C1CCC2(C)CCC(=O)C2(C(C)=O)C1. The van der Waals surface area contributed by atoms with Gasteiger partial charge in [-0.25, -0.2) is 0 Å². The summed E-state index contributed by atoms with van der Waals surface area (Å²) in [6.45, 7) is 9.76. The maximum absolute atomic E-state index is 12.3. The molecule has 2 heteroatoms. The number of carbonyl (C=O) groups is 2. The van der Waals surface area contributed by atoms with Crippen LogP contribution in [0.15, 0.2) is 12.2 Å². The topological polar surface area (TPSA) is 34.1 Å². The van der Waals surface area contributed by atoms with Gasteiger partial charge in [0.25, 0.3) is 0 Å². The van der Waals surface area contributed by atoms with Crippen LogP contribution in [0.5, 0.6) is 0 Å². The molecule has 0 saturated heterocycles. The standard InChI is InChI=1S/C15H22O2/c1-10(2)12-5-7-14(4)8-6-13(17)15(14,9-12)11(3)16/h12H,1,5-9H2,2-4H3. The average Bonchev–Trinajstić information content (AvgIpc) is 2.52. The molecule has 2 rings (SSSR count). The zero-order valence-corrected chi connectivity index (χ0v) is 11.1. The third-order valence-electron chi connectivity index (χ3n) is 5.31. The Morgan fingerprint density at radius 1 is 1.35 bits per heavy atom. The highest BCUT2D eigenvalue weighted by molar-refractivity contribution is 6.08. The molecule has 94 valence electrons. The maximum Gasteiger partial charge on any atom is 0.146 e. The Morgan fingerprint density at radius 2 is 2.00 bits per heavy atom. The van der Waals surface area contributed by atoms with E-state index in [9.17, 15) is 9.59 Å². The van der Waals surface area contributed by atoms with Gasteiger partial charge in [-0.05, 0) is 50.9 Å². The van der Waals surface area contributed by atoms with Gasteiger partial charge in [0.05, 0.1) is 5.41 Å². The second-order valence-corrected chi connectivity index (χ2v) is 6.23. The van der Waals surface area contributed by atoms with Crippen molar-refractivity contribution in [1.29, 1.82) is 0 Å². The first-order valence-corrected chi connectivity index (χ1v) is 6.53. The minimum absolute atomic E-state index is 0.0773. The van der Waals surface area contributed by atoms with Gasteiger partial charge in [0.15, 0.2) is 0 Å². The molecule has 2 aliphatic carbocycles. The first-order chi connectivity index (χ1) is 7.83. The van der Waals surface area contributed by atoms with E-state index in [0.717, 1.165) is 24.8 Å². The molecule has 3 atom stereocenters. The molecule has 3 unspecified atom stereocenters. The van der Waals surface area contributed by atoms with E-state index in [1.165, 1.54) is 0 Å². The van der Waals surface area contributed by atoms with Crippen LogP contribution in [0.25, 0.3) is 0 Å². The van der Waals surface area contributed by atoms with Crippen LogP contribution in [0.2, 0.25) is 0 Å². The van der Waals surface area contributed by atoms with Gasteiger partial charge in [0, 0.05) is 6.42 Å². The quantitative estimate of drug-likeness (QED) is 0.542. The van der Waals surface area contributed by atoms with Gasteiger partial charge in [-0.3, -0.25) is 9.59 Å². The first kappa shape index (κ1) is 12.5. The predicted octanol–water partition coefficient (Wildman–Crippen LogP) is 3.31. The number of hydrogen-bond acceptors (Lipinski definition) is 2. The summed E-state index contributed by atoms with van der Waals surface area (Å²) in [5.41, 5.74) is 0.323. The number of carbonyl (C=O) groups excluding carboxylic acids is 2. The van der Waals surface area contributed by atoms with Gasteiger partial charge in [-0.2, -0.15) is 0 Å². The van der Waals surface area contributed by atoms with E-state index in [1.807, 2.05) is 6.92 Å². The second-order valence-electron chi connectivity index (χ2n) is 6.23. The zero-order valence-electron chi connectivity index (χ0n) is 11.1. The number of rotatable bonds is 2. The summed E-state index contributed by atoms with van der Waals surface area (Å²) in [6, 6.07) is 0. The molecule has 0 bridgehead atoms. The van der Waals surface area contributed by atoms with Crippen LogP contribution in [-0.4, -0.2) is 11.6 Å². The molecule has 0 radical (unpaired) electrons. The van der Waals surface area contributed by atoms with Crippen LogP contribution < -0.4 is 0 Å². The van der Waals surface area contributed by atoms with E-state index in [1.54, 1.807) is 6.92 Å². The summed E-state index contributed by atoms with van der Waals surface area (Å²) in [5, 5.41) is 0. The molecule has 2 aliphatic rings. The van der Waals surface area contributed by atoms with Crippen LogP contribution in [0.3, 0.4) is 0 Å². The van der Waals surface area contributed by atoms with Crippen molar-refractivity contribution in [3.63, 3.8) is 0 Å². The number of hydrogen-bond donors (Lipinski definition) is 0. The van der Waals surface area contributed by atoms with Gasteiger partial charge in [0.1, 0.15) is 11.6 Å². The molecule has 2 fully saturated rings. The van der Waals surface area contributed by atoms with E-state index >= 15 is 0 Å². The normalized spacial score (nSPS) is 41.1. The summed E-state index contributed by atoms with van der Waals surface area (Å²) in [4.78, 5) is 24.4. The van der Waals surface area contributed by atoms with Crippen LogP contribution in [0.4, 0.5) is 0 Å². The Hall–Kier alpha value is -0.920. The molecule has 0 aromatic rings. The highest BCUT2D eigenvalue weighted by atomic mass is 16.2. The monoisotopic (exact) mass is 234 g/mol. The molecule has 17 heavy (non-hydrogen) atoms. The fourth-order valence-corrected chi connectivity index (χ4v) is 4.00. The first-order valence-electron chi connectivity index (χ1n) is 6.53. The average molecular weight is 234 g/mol. The lowest BCUT2D eigenvalue weighted by Crippen LogP contribution is -2.50. The number of ketones is 2. The summed E-state index contributed by atoms with van der Waals surface area (Å²) in [5.74, 6) is 0.598. The fourth-order valence-electron chi connectivity index (χ4n) is 4.00. The van der Waals surface area contributed by atoms with E-state index in [-0.39, 0.29) is 17.0 Å². The number of fused-ring (bicyclic) bond motifs is 1. The van der Waals surface area contributed by atoms with E-state index in [2.05, 4.69) is 13.5 Å². The number of allylic oxidation sites excluding steroid dienone is 1. The molecule has 0 amide bonds. The summed E-state index contributed by atoms with van der Waals surface area (Å²) < 4.78 is 0. The molecular formula is C15H22O2. The van der Waals surface area contributed by atoms with E-state index in [0.29, 0.717) is 18.8 Å². The summed E-state index contributed by atoms with van der Waals surface area (Å²) in [6.07, 6.45) is 4.23. The van der Waals surface area contributed by atoms with Crippen LogP contribution in [0, 0.1) is 16.7 Å². The zero-order chi connectivity index (χ0) is 12.8. The highest BCUT2D eigenvalue weighted by Crippen LogP contribution is 2.61. The third-order valence-corrected chi connectivity index (χ3v) is 5.31. The molecule has 0 spiro atoms. The van der Waals surface area contributed by atoms with Crippen molar-refractivity contribution in [3.05, 3.63) is 12.2 Å². The maximum atomic E-state index is 12.3. The Labute approximate surface area is 103 Å². The second kappa shape index (κ2) is 3.79. The summed E-state index contributed by atoms with van der Waals surface area (Å²) >= 11 is 0. The molecule has 2 nitrogen and oxygen atoms in total. The summed E-state index contributed by atoms with van der Waals surface area (Å²) in [7, 11) is 0. The van der Waals surface area contributed by atoms with Crippen molar-refractivity contribution in [2.24, 2.45) is 16.7 Å². The number of Topliss-reactive ketones (excluding diaryl/α,β-unsaturated/α-hetero) is 2. The molecule has 0 N–H and O–H groups in total. The Morgan fingerprint density at radius 3 is 2.53 bits per heavy atom. The van der Waals surface area contributed by atoms with E-state index < -0.39 is 5.41 Å². The van der Waals surface area contributed by atoms with Crippen molar-refractivity contribution in [3.8, 4) is 0 Å². The van der Waals surface area contributed by atoms with Gasteiger partial charge in [-0.1, -0.05) is 19.1 Å². The molecule has 0 aliphatic heterocycles. The van der Waals surface area contributed by atoms with Gasteiger partial charge >= 0.3 is 0 Å². The molecule has 0 heterocycles. The lowest BCUT2D eigenvalue weighted by atomic mass is 9.53. The molecule has 0 aromatic carbocycles.